The van der Waals surface area contributed by atoms with Crippen LogP contribution in [0.5, 0.6) is 0 Å². The van der Waals surface area contributed by atoms with E-state index in [0.717, 1.165) is 17.0 Å². The quantitative estimate of drug-likeness (QED) is 0.739. The summed E-state index contributed by atoms with van der Waals surface area (Å²) in [5.41, 5.74) is 1.43. The Morgan fingerprint density at radius 3 is 2.46 bits per heavy atom. The molecule has 10 heteroatoms. The van der Waals surface area contributed by atoms with Crippen LogP contribution in [0.25, 0.3) is 5.69 Å². The summed E-state index contributed by atoms with van der Waals surface area (Å²) in [4.78, 5) is 26.5. The molecule has 24 heavy (non-hydrogen) atoms. The van der Waals surface area contributed by atoms with E-state index in [0.29, 0.717) is 5.69 Å². The largest absolute Gasteiger partial charge is 0.476 e. The molecule has 1 heterocycles. The number of nitrogens with one attached hydrogen (secondary N) is 1. The van der Waals surface area contributed by atoms with Crippen molar-refractivity contribution in [1.29, 1.82) is 0 Å². The van der Waals surface area contributed by atoms with Gasteiger partial charge in [0.25, 0.3) is 0 Å². The highest BCUT2D eigenvalue weighted by molar-refractivity contribution is 7.90. The number of sulfone groups is 1. The molecule has 0 aliphatic rings. The first-order chi connectivity index (χ1) is 11.2. The van der Waals surface area contributed by atoms with Crippen LogP contribution in [0.2, 0.25) is 0 Å². The molecule has 2 N–H and O–H groups in total. The number of nitrogens with zero attached hydrogens (tertiary/aromatic N) is 2. The lowest BCUT2D eigenvalue weighted by Gasteiger charge is -2.07. The summed E-state index contributed by atoms with van der Waals surface area (Å²) < 4.78 is 24.1. The molecule has 0 unspecified atom stereocenters. The van der Waals surface area contributed by atoms with Crippen molar-refractivity contribution in [3.05, 3.63) is 52.4 Å². The van der Waals surface area contributed by atoms with Gasteiger partial charge in [-0.3, -0.25) is 4.79 Å². The van der Waals surface area contributed by atoms with Crippen LogP contribution in [0.15, 0.2) is 46.2 Å². The van der Waals surface area contributed by atoms with Crippen molar-refractivity contribution in [3.63, 3.8) is 0 Å². The van der Waals surface area contributed by atoms with Gasteiger partial charge >= 0.3 is 5.97 Å². The highest BCUT2D eigenvalue weighted by atomic mass is 32.2. The molecule has 0 spiro atoms. The molecule has 0 amide bonds. The fraction of sp³-hybridized carbons (Fsp3) is 0.214. The molecule has 0 radical (unpaired) electrons. The molecule has 2 aromatic rings. The lowest BCUT2D eigenvalue weighted by Crippen LogP contribution is -2.20. The average molecular weight is 355 g/mol. The van der Waals surface area contributed by atoms with Crippen LogP contribution in [0, 0.1) is 0 Å². The van der Waals surface area contributed by atoms with Crippen LogP contribution in [0.3, 0.4) is 0 Å². The smallest absolute Gasteiger partial charge is 0.360 e. The maximum Gasteiger partial charge on any atom is 0.360 e. The summed E-state index contributed by atoms with van der Waals surface area (Å²) in [6.07, 6.45) is 2.34. The lowest BCUT2D eigenvalue weighted by molar-refractivity contribution is 0.0686. The van der Waals surface area contributed by atoms with E-state index in [1.165, 1.54) is 24.4 Å². The third-order valence-electron chi connectivity index (χ3n) is 2.73. The van der Waals surface area contributed by atoms with Crippen molar-refractivity contribution in [3.8, 4) is 5.69 Å². The number of hydroxylamine groups is 1. The van der Waals surface area contributed by atoms with E-state index in [2.05, 4.69) is 15.4 Å². The first-order valence-corrected chi connectivity index (χ1v) is 8.43. The molecule has 2 rings (SSSR count). The summed E-state index contributed by atoms with van der Waals surface area (Å²) in [5, 5.41) is 12.5. The summed E-state index contributed by atoms with van der Waals surface area (Å²) in [7, 11) is -0.109. The predicted molar refractivity (Wildman–Crippen MR) is 86.0 cm³/mol. The highest BCUT2D eigenvalue weighted by Gasteiger charge is 2.12. The van der Waals surface area contributed by atoms with Crippen LogP contribution < -0.4 is 10.9 Å². The Labute approximate surface area is 138 Å². The van der Waals surface area contributed by atoms with Crippen LogP contribution in [0.1, 0.15) is 10.5 Å². The van der Waals surface area contributed by atoms with E-state index in [4.69, 9.17) is 5.11 Å². The van der Waals surface area contributed by atoms with Crippen molar-refractivity contribution in [2.75, 3.05) is 20.4 Å². The van der Waals surface area contributed by atoms with Crippen LogP contribution >= 0.6 is 0 Å². The second kappa shape index (κ2) is 8.34. The number of aromatic nitrogens is 2. The van der Waals surface area contributed by atoms with Gasteiger partial charge in [-0.1, -0.05) is 6.07 Å². The number of hydrogen-bond donors (Lipinski definition) is 2. The molecule has 0 aliphatic carbocycles. The van der Waals surface area contributed by atoms with Crippen molar-refractivity contribution in [2.45, 2.75) is 4.90 Å². The van der Waals surface area contributed by atoms with Gasteiger partial charge in [0.15, 0.2) is 9.84 Å². The van der Waals surface area contributed by atoms with Crippen molar-refractivity contribution < 1.29 is 23.2 Å². The molecule has 0 bridgehead atoms. The average Bonchev–Trinajstić information content (AvgIpc) is 2.54. The van der Waals surface area contributed by atoms with Crippen molar-refractivity contribution in [1.82, 2.24) is 15.3 Å². The summed E-state index contributed by atoms with van der Waals surface area (Å²) in [6, 6.07) is 6.88. The van der Waals surface area contributed by atoms with Crippen molar-refractivity contribution in [2.24, 2.45) is 0 Å². The first-order valence-electron chi connectivity index (χ1n) is 6.54. The molecule has 130 valence electrons. The topological polar surface area (TPSA) is 128 Å². The van der Waals surface area contributed by atoms with Gasteiger partial charge in [-0.25, -0.2) is 23.4 Å². The Kier molecular flexibility index (Phi) is 6.77. The third kappa shape index (κ3) is 5.26. The van der Waals surface area contributed by atoms with E-state index in [1.807, 2.05) is 0 Å². The number of benzene rings is 1. The molecule has 0 aliphatic heterocycles. The zero-order chi connectivity index (χ0) is 18.3. The zero-order valence-corrected chi connectivity index (χ0v) is 14.1. The van der Waals surface area contributed by atoms with E-state index >= 15 is 0 Å². The monoisotopic (exact) mass is 355 g/mol. The second-order valence-electron chi connectivity index (χ2n) is 4.46. The predicted octanol–water partition coefficient (Wildman–Crippen LogP) is 0.101. The standard InChI is InChI=1S/C12H10N2O5S.C2H7NO/c1-20(18,19)9-4-2-3-8(7-9)14-6-5-10(15)11(13-14)12(16)17;1-3-4-2/h2-7H,1H3,(H,16,17);3H,1-2H3. The number of aromatic carboxylic acids is 1. The number of carboxylic acids is 1. The van der Waals surface area contributed by atoms with Gasteiger partial charge in [0.1, 0.15) is 0 Å². The van der Waals surface area contributed by atoms with Gasteiger partial charge in [-0.15, -0.1) is 0 Å². The van der Waals surface area contributed by atoms with E-state index in [9.17, 15) is 18.0 Å². The number of carboxylic acid groups (broad SMARTS) is 1. The Morgan fingerprint density at radius 2 is 1.96 bits per heavy atom. The zero-order valence-electron chi connectivity index (χ0n) is 13.3. The fourth-order valence-corrected chi connectivity index (χ4v) is 2.22. The Balaban J connectivity index is 0.000000648. The molecule has 0 saturated heterocycles. The van der Waals surface area contributed by atoms with Crippen LogP contribution in [0.4, 0.5) is 0 Å². The number of hydrogen-bond acceptors (Lipinski definition) is 7. The minimum atomic E-state index is -3.39. The van der Waals surface area contributed by atoms with Crippen LogP contribution in [-0.4, -0.2) is 49.7 Å². The summed E-state index contributed by atoms with van der Waals surface area (Å²) >= 11 is 0. The van der Waals surface area contributed by atoms with Crippen LogP contribution in [-0.2, 0) is 14.7 Å². The van der Waals surface area contributed by atoms with Gasteiger partial charge in [0.2, 0.25) is 11.1 Å². The van der Waals surface area contributed by atoms with Crippen molar-refractivity contribution >= 4 is 15.8 Å². The SMILES string of the molecule is CNOC.CS(=O)(=O)c1cccc(-n2ccc(=O)c(C(=O)O)n2)c1. The van der Waals surface area contributed by atoms with Gasteiger partial charge in [0, 0.05) is 25.6 Å². The van der Waals surface area contributed by atoms with Gasteiger partial charge in [-0.05, 0) is 18.2 Å². The van der Waals surface area contributed by atoms with Gasteiger partial charge < -0.3 is 9.94 Å². The normalized spacial score (nSPS) is 10.6. The molecular formula is C14H17N3O6S. The Bertz CT molecular complexity index is 874. The van der Waals surface area contributed by atoms with Gasteiger partial charge in [0.05, 0.1) is 17.7 Å². The Morgan fingerprint density at radius 1 is 1.33 bits per heavy atom. The van der Waals surface area contributed by atoms with E-state index in [1.54, 1.807) is 20.2 Å². The lowest BCUT2D eigenvalue weighted by atomic mass is 10.3. The van der Waals surface area contributed by atoms with Gasteiger partial charge in [-0.2, -0.15) is 5.10 Å². The summed E-state index contributed by atoms with van der Waals surface area (Å²) in [6.45, 7) is 0. The molecule has 9 nitrogen and oxygen atoms in total. The molecule has 1 aromatic heterocycles. The maximum absolute atomic E-state index is 11.5. The molecule has 0 fully saturated rings. The van der Waals surface area contributed by atoms with E-state index in [-0.39, 0.29) is 4.90 Å². The van der Waals surface area contributed by atoms with E-state index < -0.39 is 26.9 Å². The fourth-order valence-electron chi connectivity index (χ4n) is 1.56. The highest BCUT2D eigenvalue weighted by Crippen LogP contribution is 2.13. The third-order valence-corrected chi connectivity index (χ3v) is 3.84. The molecule has 0 atom stereocenters. The maximum atomic E-state index is 11.5. The molecular weight excluding hydrogens is 338 g/mol. The minimum Gasteiger partial charge on any atom is -0.476 e. The number of carbonyl (C=O) groups is 1. The first kappa shape index (κ1) is 19.5. The summed E-state index contributed by atoms with van der Waals surface area (Å²) in [5.74, 6) is -1.44. The minimum absolute atomic E-state index is 0.0763. The molecule has 0 saturated carbocycles. The second-order valence-corrected chi connectivity index (χ2v) is 6.47. The Hall–Kier alpha value is -2.56. The number of rotatable bonds is 4. The molecule has 1 aromatic carbocycles.